The minimum atomic E-state index is -0.500. The van der Waals surface area contributed by atoms with Crippen molar-refractivity contribution in [3.63, 3.8) is 0 Å². The third kappa shape index (κ3) is 2.73. The summed E-state index contributed by atoms with van der Waals surface area (Å²) in [6, 6.07) is 11.1. The number of carbonyl (C=O) groups excluding carboxylic acids is 1. The van der Waals surface area contributed by atoms with E-state index >= 15 is 0 Å². The number of aromatic nitrogens is 1. The number of pyridine rings is 1. The average Bonchev–Trinajstić information content (AvgIpc) is 2.96. The first-order valence-corrected chi connectivity index (χ1v) is 6.73. The van der Waals surface area contributed by atoms with Crippen LogP contribution in [0.15, 0.2) is 42.6 Å². The van der Waals surface area contributed by atoms with Gasteiger partial charge in [-0.1, -0.05) is 30.3 Å². The molecule has 1 aliphatic rings. The summed E-state index contributed by atoms with van der Waals surface area (Å²) in [6.45, 7) is 0.462. The van der Waals surface area contributed by atoms with Gasteiger partial charge in [0.05, 0.1) is 13.2 Å². The van der Waals surface area contributed by atoms with Gasteiger partial charge in [-0.25, -0.2) is 9.78 Å². The number of hydrogen-bond acceptors (Lipinski definition) is 5. The number of ether oxygens (including phenoxy) is 2. The third-order valence-corrected chi connectivity index (χ3v) is 3.42. The number of fused-ring (bicyclic) bond motifs is 1. The molecule has 3 rings (SSSR count). The number of hydrogen-bond donors (Lipinski definition) is 1. The molecule has 5 heteroatoms. The van der Waals surface area contributed by atoms with Crippen molar-refractivity contribution in [1.29, 1.82) is 0 Å². The second-order valence-electron chi connectivity index (χ2n) is 4.82. The molecule has 2 aromatic rings. The molecule has 0 radical (unpaired) electrons. The summed E-state index contributed by atoms with van der Waals surface area (Å²) in [5.41, 5.74) is 1.77. The summed E-state index contributed by atoms with van der Waals surface area (Å²) >= 11 is 0. The maximum absolute atomic E-state index is 12.2. The SMILES string of the molecule is O=C(OCc1ccccc1)c1nccc2c1C(CO)CO2. The molecule has 0 amide bonds. The molecule has 0 bridgehead atoms. The van der Waals surface area contributed by atoms with Crippen LogP contribution in [0.3, 0.4) is 0 Å². The molecule has 108 valence electrons. The summed E-state index contributed by atoms with van der Waals surface area (Å²) in [5.74, 6) is -0.136. The van der Waals surface area contributed by atoms with Crippen LogP contribution in [0, 0.1) is 0 Å². The molecule has 5 nitrogen and oxygen atoms in total. The maximum Gasteiger partial charge on any atom is 0.357 e. The molecule has 1 N–H and O–H groups in total. The van der Waals surface area contributed by atoms with E-state index in [0.717, 1.165) is 5.56 Å². The Morgan fingerprint density at radius 2 is 2.14 bits per heavy atom. The normalized spacial score (nSPS) is 16.1. The highest BCUT2D eigenvalue weighted by molar-refractivity contribution is 5.90. The van der Waals surface area contributed by atoms with Gasteiger partial charge in [-0.2, -0.15) is 0 Å². The van der Waals surface area contributed by atoms with E-state index < -0.39 is 5.97 Å². The first kappa shape index (κ1) is 13.6. The van der Waals surface area contributed by atoms with Gasteiger partial charge in [-0.3, -0.25) is 0 Å². The summed E-state index contributed by atoms with van der Waals surface area (Å²) in [4.78, 5) is 16.3. The highest BCUT2D eigenvalue weighted by Crippen LogP contribution is 2.35. The molecule has 0 saturated carbocycles. The van der Waals surface area contributed by atoms with Crippen molar-refractivity contribution in [3.8, 4) is 5.75 Å². The zero-order valence-corrected chi connectivity index (χ0v) is 11.4. The van der Waals surface area contributed by atoms with E-state index in [4.69, 9.17) is 9.47 Å². The standard InChI is InChI=1S/C16H15NO4/c18-8-12-10-20-13-6-7-17-15(14(12)13)16(19)21-9-11-4-2-1-3-5-11/h1-7,12,18H,8-10H2. The monoisotopic (exact) mass is 285 g/mol. The largest absolute Gasteiger partial charge is 0.492 e. The van der Waals surface area contributed by atoms with Crippen molar-refractivity contribution in [2.75, 3.05) is 13.2 Å². The van der Waals surface area contributed by atoms with E-state index in [-0.39, 0.29) is 24.8 Å². The molecule has 1 atom stereocenters. The lowest BCUT2D eigenvalue weighted by atomic mass is 10.0. The smallest absolute Gasteiger partial charge is 0.357 e. The minimum Gasteiger partial charge on any atom is -0.492 e. The van der Waals surface area contributed by atoms with Crippen LogP contribution < -0.4 is 4.74 Å². The first-order chi connectivity index (χ1) is 10.3. The van der Waals surface area contributed by atoms with E-state index in [1.54, 1.807) is 6.07 Å². The lowest BCUT2D eigenvalue weighted by molar-refractivity contribution is 0.0463. The van der Waals surface area contributed by atoms with Crippen molar-refractivity contribution < 1.29 is 19.4 Å². The van der Waals surface area contributed by atoms with Crippen LogP contribution in [0.5, 0.6) is 5.75 Å². The van der Waals surface area contributed by atoms with Crippen molar-refractivity contribution in [2.24, 2.45) is 0 Å². The Kier molecular flexibility index (Phi) is 3.83. The van der Waals surface area contributed by atoms with Crippen molar-refractivity contribution in [2.45, 2.75) is 12.5 Å². The first-order valence-electron chi connectivity index (χ1n) is 6.73. The van der Waals surface area contributed by atoms with Gasteiger partial charge in [0.25, 0.3) is 0 Å². The zero-order valence-electron chi connectivity index (χ0n) is 11.4. The van der Waals surface area contributed by atoms with Crippen LogP contribution >= 0.6 is 0 Å². The van der Waals surface area contributed by atoms with E-state index in [9.17, 15) is 9.90 Å². The molecule has 21 heavy (non-hydrogen) atoms. The van der Waals surface area contributed by atoms with Crippen molar-refractivity contribution in [3.05, 3.63) is 59.4 Å². The summed E-state index contributed by atoms with van der Waals surface area (Å²) in [6.07, 6.45) is 1.51. The number of nitrogens with zero attached hydrogens (tertiary/aromatic N) is 1. The average molecular weight is 285 g/mol. The Balaban J connectivity index is 1.78. The van der Waals surface area contributed by atoms with Gasteiger partial charge in [0.15, 0.2) is 5.69 Å². The second-order valence-corrected chi connectivity index (χ2v) is 4.82. The van der Waals surface area contributed by atoms with Crippen LogP contribution in [0.1, 0.15) is 27.5 Å². The van der Waals surface area contributed by atoms with Gasteiger partial charge in [0.2, 0.25) is 0 Å². The molecule has 1 aromatic heterocycles. The van der Waals surface area contributed by atoms with Crippen molar-refractivity contribution >= 4 is 5.97 Å². The Hall–Kier alpha value is -2.40. The van der Waals surface area contributed by atoms with E-state index in [0.29, 0.717) is 17.9 Å². The molecule has 2 heterocycles. The highest BCUT2D eigenvalue weighted by atomic mass is 16.5. The molecule has 0 saturated heterocycles. The summed E-state index contributed by atoms with van der Waals surface area (Å²) < 4.78 is 10.7. The van der Waals surface area contributed by atoms with Crippen LogP contribution in [0.25, 0.3) is 0 Å². The maximum atomic E-state index is 12.2. The fraction of sp³-hybridized carbons (Fsp3) is 0.250. The summed E-state index contributed by atoms with van der Waals surface area (Å²) in [5, 5.41) is 9.37. The van der Waals surface area contributed by atoms with Crippen molar-refractivity contribution in [1.82, 2.24) is 4.98 Å². The van der Waals surface area contributed by atoms with Gasteiger partial charge >= 0.3 is 5.97 Å². The minimum absolute atomic E-state index is 0.0857. The van der Waals surface area contributed by atoms with Gasteiger partial charge in [0.1, 0.15) is 12.4 Å². The second kappa shape index (κ2) is 5.93. The van der Waals surface area contributed by atoms with E-state index in [1.165, 1.54) is 6.20 Å². The van der Waals surface area contributed by atoms with Gasteiger partial charge in [-0.15, -0.1) is 0 Å². The lowest BCUT2D eigenvalue weighted by Crippen LogP contribution is -2.14. The third-order valence-electron chi connectivity index (χ3n) is 3.42. The lowest BCUT2D eigenvalue weighted by Gasteiger charge is -2.10. The number of aliphatic hydroxyl groups excluding tert-OH is 1. The van der Waals surface area contributed by atoms with E-state index in [1.807, 2.05) is 30.3 Å². The van der Waals surface area contributed by atoms with E-state index in [2.05, 4.69) is 4.98 Å². The fourth-order valence-corrected chi connectivity index (χ4v) is 2.35. The molecule has 0 fully saturated rings. The quantitative estimate of drug-likeness (QED) is 0.869. The molecular weight excluding hydrogens is 270 g/mol. The number of benzene rings is 1. The highest BCUT2D eigenvalue weighted by Gasteiger charge is 2.30. The zero-order chi connectivity index (χ0) is 14.7. The number of aliphatic hydroxyl groups is 1. The Bertz CT molecular complexity index is 642. The molecule has 1 unspecified atom stereocenters. The topological polar surface area (TPSA) is 68.7 Å². The van der Waals surface area contributed by atoms with Crippen LogP contribution in [0.2, 0.25) is 0 Å². The predicted molar refractivity (Wildman–Crippen MR) is 75.1 cm³/mol. The van der Waals surface area contributed by atoms with Crippen LogP contribution in [-0.2, 0) is 11.3 Å². The molecular formula is C16H15NO4. The Labute approximate surface area is 122 Å². The van der Waals surface area contributed by atoms with Gasteiger partial charge < -0.3 is 14.6 Å². The molecule has 0 aliphatic carbocycles. The number of carbonyl (C=O) groups is 1. The Morgan fingerprint density at radius 1 is 1.33 bits per heavy atom. The van der Waals surface area contributed by atoms with Crippen LogP contribution in [-0.4, -0.2) is 29.3 Å². The predicted octanol–water partition coefficient (Wildman–Crippen LogP) is 1.91. The summed E-state index contributed by atoms with van der Waals surface area (Å²) in [7, 11) is 0. The number of esters is 1. The molecule has 1 aliphatic heterocycles. The van der Waals surface area contributed by atoms with Gasteiger partial charge in [-0.05, 0) is 11.6 Å². The fourth-order valence-electron chi connectivity index (χ4n) is 2.35. The molecule has 0 spiro atoms. The molecule has 1 aromatic carbocycles. The van der Waals surface area contributed by atoms with Gasteiger partial charge in [0, 0.05) is 17.7 Å². The van der Waals surface area contributed by atoms with Crippen LogP contribution in [0.4, 0.5) is 0 Å². The Morgan fingerprint density at radius 3 is 2.90 bits per heavy atom. The number of rotatable bonds is 4.